The lowest BCUT2D eigenvalue weighted by Crippen LogP contribution is -2.43. The maximum Gasteiger partial charge on any atom is 0.287 e. The van der Waals surface area contributed by atoms with Gasteiger partial charge in [-0.15, -0.1) is 0 Å². The molecular weight excluding hydrogens is 466 g/mol. The highest BCUT2D eigenvalue weighted by molar-refractivity contribution is 9.10. The van der Waals surface area contributed by atoms with E-state index in [4.69, 9.17) is 4.74 Å². The van der Waals surface area contributed by atoms with Gasteiger partial charge in [0.25, 0.3) is 11.1 Å². The molecule has 0 aliphatic carbocycles. The van der Waals surface area contributed by atoms with Crippen LogP contribution in [0.5, 0.6) is 5.75 Å². The van der Waals surface area contributed by atoms with Gasteiger partial charge >= 0.3 is 0 Å². The fourth-order valence-electron chi connectivity index (χ4n) is 2.54. The molecule has 2 amide bonds. The summed E-state index contributed by atoms with van der Waals surface area (Å²) in [6, 6.07) is 12.8. The van der Waals surface area contributed by atoms with Gasteiger partial charge in [-0.05, 0) is 60.3 Å². The van der Waals surface area contributed by atoms with Crippen molar-refractivity contribution in [1.29, 1.82) is 0 Å². The van der Waals surface area contributed by atoms with Gasteiger partial charge in [-0.1, -0.05) is 27.8 Å². The first kappa shape index (κ1) is 20.5. The molecule has 1 unspecified atom stereocenters. The monoisotopic (exact) mass is 479 g/mol. The summed E-state index contributed by atoms with van der Waals surface area (Å²) in [4.78, 5) is 24.2. The highest BCUT2D eigenvalue weighted by atomic mass is 79.9. The number of halogens is 1. The van der Waals surface area contributed by atoms with Gasteiger partial charge in [0, 0.05) is 16.5 Å². The van der Waals surface area contributed by atoms with Crippen LogP contribution in [-0.2, 0) is 14.6 Å². The van der Waals surface area contributed by atoms with E-state index in [1.165, 1.54) is 31.4 Å². The summed E-state index contributed by atoms with van der Waals surface area (Å²) in [5.41, 5.74) is 0.662. The van der Waals surface area contributed by atoms with Crippen LogP contribution in [0.2, 0.25) is 0 Å². The molecule has 1 fully saturated rings. The number of carbonyl (C=O) groups excluding carboxylic acids is 2. The van der Waals surface area contributed by atoms with Gasteiger partial charge < -0.3 is 4.74 Å². The molecule has 0 bridgehead atoms. The number of amides is 2. The number of rotatable bonds is 4. The first-order valence-corrected chi connectivity index (χ1v) is 11.1. The van der Waals surface area contributed by atoms with E-state index < -0.39 is 25.1 Å². The van der Waals surface area contributed by atoms with Crippen LogP contribution < -0.4 is 10.1 Å². The lowest BCUT2D eigenvalue weighted by molar-refractivity contribution is -0.119. The number of benzene rings is 2. The van der Waals surface area contributed by atoms with Crippen molar-refractivity contribution in [3.8, 4) is 17.6 Å². The topological polar surface area (TPSA) is 89.5 Å². The number of hydrogen-bond acceptors (Lipinski definition) is 6. The number of hydrogen-bond donors (Lipinski definition) is 1. The predicted octanol–water partition coefficient (Wildman–Crippen LogP) is 3.35. The molecule has 3 rings (SSSR count). The van der Waals surface area contributed by atoms with Crippen molar-refractivity contribution in [1.82, 2.24) is 5.32 Å². The highest BCUT2D eigenvalue weighted by Crippen LogP contribution is 2.43. The second-order valence-electron chi connectivity index (χ2n) is 5.76. The molecule has 9 heteroatoms. The van der Waals surface area contributed by atoms with Gasteiger partial charge in [0.05, 0.1) is 12.0 Å². The lowest BCUT2D eigenvalue weighted by atomic mass is 10.2. The maximum absolute atomic E-state index is 13.3. The third-order valence-electron chi connectivity index (χ3n) is 4.02. The third kappa shape index (κ3) is 3.81. The Kier molecular flexibility index (Phi) is 5.84. The number of sulfone groups is 1. The molecule has 1 N–H and O–H groups in total. The number of ether oxygens (including phenoxy) is 1. The number of thioether (sulfide) groups is 1. The van der Waals surface area contributed by atoms with E-state index in [9.17, 15) is 18.0 Å². The Bertz CT molecular complexity index is 1090. The van der Waals surface area contributed by atoms with Crippen molar-refractivity contribution >= 4 is 48.7 Å². The van der Waals surface area contributed by atoms with Crippen molar-refractivity contribution in [2.24, 2.45) is 0 Å². The fourth-order valence-corrected chi connectivity index (χ4v) is 5.92. The first-order valence-electron chi connectivity index (χ1n) is 7.96. The zero-order valence-corrected chi connectivity index (χ0v) is 17.8. The minimum absolute atomic E-state index is 0.0870. The van der Waals surface area contributed by atoms with E-state index in [2.05, 4.69) is 33.1 Å². The van der Waals surface area contributed by atoms with Crippen molar-refractivity contribution in [3.05, 3.63) is 58.6 Å². The summed E-state index contributed by atoms with van der Waals surface area (Å²) in [7, 11) is -2.74. The molecule has 1 atom stereocenters. The maximum atomic E-state index is 13.3. The van der Waals surface area contributed by atoms with Gasteiger partial charge in [-0.2, -0.15) is 0 Å². The summed E-state index contributed by atoms with van der Waals surface area (Å²) in [5, 5.41) is 1.35. The van der Waals surface area contributed by atoms with Crippen LogP contribution in [0, 0.1) is 11.8 Å². The van der Waals surface area contributed by atoms with Crippen molar-refractivity contribution in [2.75, 3.05) is 7.11 Å². The van der Waals surface area contributed by atoms with Crippen LogP contribution >= 0.6 is 27.7 Å². The molecule has 2 aromatic carbocycles. The van der Waals surface area contributed by atoms with E-state index in [1.54, 1.807) is 24.3 Å². The van der Waals surface area contributed by atoms with Crippen LogP contribution in [-0.4, -0.2) is 30.8 Å². The van der Waals surface area contributed by atoms with Crippen molar-refractivity contribution < 1.29 is 22.7 Å². The fraction of sp³-hybridized carbons (Fsp3) is 0.158. The van der Waals surface area contributed by atoms with E-state index in [0.29, 0.717) is 23.1 Å². The summed E-state index contributed by atoms with van der Waals surface area (Å²) in [6.45, 7) is 0. The van der Waals surface area contributed by atoms with E-state index in [1.807, 2.05) is 0 Å². The number of carbonyl (C=O) groups is 2. The van der Waals surface area contributed by atoms with Crippen LogP contribution in [0.3, 0.4) is 0 Å². The summed E-state index contributed by atoms with van der Waals surface area (Å²) < 4.78 is 30.4. The van der Waals surface area contributed by atoms with Crippen LogP contribution in [0.15, 0.2) is 57.9 Å². The molecule has 0 radical (unpaired) electrons. The van der Waals surface area contributed by atoms with Gasteiger partial charge in [0.15, 0.2) is 0 Å². The molecule has 1 saturated heterocycles. The Morgan fingerprint density at radius 2 is 1.75 bits per heavy atom. The normalized spacial score (nSPS) is 18.9. The number of nitrogens with one attached hydrogen (secondary N) is 1. The molecule has 2 aromatic rings. The molecule has 28 heavy (non-hydrogen) atoms. The zero-order valence-electron chi connectivity index (χ0n) is 14.6. The van der Waals surface area contributed by atoms with E-state index >= 15 is 0 Å². The second-order valence-corrected chi connectivity index (χ2v) is 10.4. The Balaban J connectivity index is 2.00. The highest BCUT2D eigenvalue weighted by Gasteiger charge is 2.58. The second kappa shape index (κ2) is 7.99. The summed E-state index contributed by atoms with van der Waals surface area (Å²) in [6.07, 6.45) is -0.334. The van der Waals surface area contributed by atoms with E-state index in [-0.39, 0.29) is 11.3 Å². The summed E-state index contributed by atoms with van der Waals surface area (Å²) >= 11 is 3.76. The molecule has 0 spiro atoms. The Labute approximate surface area is 175 Å². The van der Waals surface area contributed by atoms with Crippen LogP contribution in [0.1, 0.15) is 12.0 Å². The minimum Gasteiger partial charge on any atom is -0.497 e. The third-order valence-corrected chi connectivity index (χ3v) is 8.50. The quantitative estimate of drug-likeness (QED) is 0.676. The van der Waals surface area contributed by atoms with Crippen molar-refractivity contribution in [2.45, 2.75) is 15.4 Å². The smallest absolute Gasteiger partial charge is 0.287 e. The van der Waals surface area contributed by atoms with Crippen LogP contribution in [0.4, 0.5) is 4.79 Å². The molecule has 6 nitrogen and oxygen atoms in total. The predicted molar refractivity (Wildman–Crippen MR) is 110 cm³/mol. The molecule has 1 aliphatic heterocycles. The molecule has 1 heterocycles. The van der Waals surface area contributed by atoms with Gasteiger partial charge in [0.1, 0.15) is 5.75 Å². The van der Waals surface area contributed by atoms with Gasteiger partial charge in [-0.25, -0.2) is 8.42 Å². The SMILES string of the molecule is COc1ccc(S(=O)(=O)C2(CC#Cc3ccc(Br)cc3)SC(=O)NC2=O)cc1. The molecule has 0 saturated carbocycles. The first-order chi connectivity index (χ1) is 13.3. The lowest BCUT2D eigenvalue weighted by Gasteiger charge is -2.22. The van der Waals surface area contributed by atoms with Gasteiger partial charge in [0.2, 0.25) is 13.9 Å². The molecular formula is C19H14BrNO5S2. The molecule has 1 aliphatic rings. The Morgan fingerprint density at radius 1 is 1.11 bits per heavy atom. The summed E-state index contributed by atoms with van der Waals surface area (Å²) in [5.74, 6) is 5.18. The van der Waals surface area contributed by atoms with E-state index in [0.717, 1.165) is 4.47 Å². The Morgan fingerprint density at radius 3 is 2.29 bits per heavy atom. The molecule has 144 valence electrons. The Hall–Kier alpha value is -2.28. The van der Waals surface area contributed by atoms with Crippen LogP contribution in [0.25, 0.3) is 0 Å². The number of methoxy groups -OCH3 is 1. The number of imide groups is 1. The minimum atomic E-state index is -4.20. The zero-order chi connectivity index (χ0) is 20.4. The van der Waals surface area contributed by atoms with Crippen molar-refractivity contribution in [3.63, 3.8) is 0 Å². The standard InChI is InChI=1S/C19H14BrNO5S2/c1-26-15-8-10-16(11-9-15)28(24,25)19(17(22)21-18(23)27-19)12-2-3-13-4-6-14(20)7-5-13/h4-11H,12H2,1H3,(H,21,22,23). The average molecular weight is 480 g/mol. The van der Waals surface area contributed by atoms with Gasteiger partial charge in [-0.3, -0.25) is 14.9 Å². The molecule has 0 aromatic heterocycles. The largest absolute Gasteiger partial charge is 0.497 e. The average Bonchev–Trinajstić information content (AvgIpc) is 2.98.